The molecule has 0 aliphatic heterocycles. The van der Waals surface area contributed by atoms with Crippen LogP contribution in [0.1, 0.15) is 5.82 Å². The number of nitrogens with one attached hydrogen (secondary N) is 1. The first kappa shape index (κ1) is 9.38. The zero-order chi connectivity index (χ0) is 10.7. The molecule has 0 fully saturated rings. The second-order valence-corrected chi connectivity index (χ2v) is 3.02. The van der Waals surface area contributed by atoms with Gasteiger partial charge in [0.2, 0.25) is 5.95 Å². The maximum atomic E-state index is 5.51. The molecule has 0 radical (unpaired) electrons. The summed E-state index contributed by atoms with van der Waals surface area (Å²) in [4.78, 5) is 8.01. The molecule has 2 rings (SSSR count). The van der Waals surface area contributed by atoms with Gasteiger partial charge in [-0.05, 0) is 6.07 Å². The Balaban J connectivity index is 2.02. The lowest BCUT2D eigenvalue weighted by Gasteiger charge is -2.03. The minimum Gasteiger partial charge on any atom is -0.384 e. The van der Waals surface area contributed by atoms with Crippen LogP contribution >= 0.6 is 0 Å². The van der Waals surface area contributed by atoms with Crippen LogP contribution in [0.15, 0.2) is 18.6 Å². The normalized spacial score (nSPS) is 10.2. The van der Waals surface area contributed by atoms with Crippen LogP contribution in [-0.2, 0) is 13.6 Å². The van der Waals surface area contributed by atoms with Gasteiger partial charge in [-0.15, -0.1) is 10.2 Å². The molecular formula is C8H11N7. The van der Waals surface area contributed by atoms with Gasteiger partial charge in [-0.25, -0.2) is 4.98 Å². The van der Waals surface area contributed by atoms with Crippen LogP contribution in [0.4, 0.5) is 11.8 Å². The van der Waals surface area contributed by atoms with Gasteiger partial charge in [0.05, 0.1) is 6.54 Å². The van der Waals surface area contributed by atoms with Crippen LogP contribution in [0.25, 0.3) is 0 Å². The molecule has 0 saturated carbocycles. The van der Waals surface area contributed by atoms with E-state index in [4.69, 9.17) is 5.73 Å². The highest BCUT2D eigenvalue weighted by atomic mass is 15.3. The molecule has 0 aromatic carbocycles. The van der Waals surface area contributed by atoms with Gasteiger partial charge in [0.15, 0.2) is 5.82 Å². The van der Waals surface area contributed by atoms with Gasteiger partial charge in [0, 0.05) is 13.2 Å². The van der Waals surface area contributed by atoms with Crippen molar-refractivity contribution in [3.8, 4) is 0 Å². The Hall–Kier alpha value is -2.18. The highest BCUT2D eigenvalue weighted by Crippen LogP contribution is 2.02. The Kier molecular flexibility index (Phi) is 2.44. The molecule has 7 heteroatoms. The summed E-state index contributed by atoms with van der Waals surface area (Å²) < 4.78 is 1.82. The van der Waals surface area contributed by atoms with Crippen LogP contribution in [0.2, 0.25) is 0 Å². The highest BCUT2D eigenvalue weighted by molar-refractivity contribution is 5.34. The Labute approximate surface area is 86.4 Å². The van der Waals surface area contributed by atoms with Gasteiger partial charge in [-0.3, -0.25) is 0 Å². The van der Waals surface area contributed by atoms with E-state index in [0.717, 1.165) is 5.82 Å². The molecule has 0 bridgehead atoms. The summed E-state index contributed by atoms with van der Waals surface area (Å²) in [7, 11) is 1.87. The van der Waals surface area contributed by atoms with Gasteiger partial charge in [-0.1, -0.05) is 0 Å². The van der Waals surface area contributed by atoms with Crippen molar-refractivity contribution in [2.45, 2.75) is 6.54 Å². The first-order valence-electron chi connectivity index (χ1n) is 4.41. The van der Waals surface area contributed by atoms with E-state index in [0.29, 0.717) is 18.3 Å². The van der Waals surface area contributed by atoms with E-state index in [1.54, 1.807) is 18.6 Å². The number of aryl methyl sites for hydroxylation is 1. The fourth-order valence-corrected chi connectivity index (χ4v) is 1.08. The van der Waals surface area contributed by atoms with Crippen molar-refractivity contribution in [2.75, 3.05) is 11.1 Å². The Morgan fingerprint density at radius 2 is 2.40 bits per heavy atom. The zero-order valence-electron chi connectivity index (χ0n) is 8.25. The van der Waals surface area contributed by atoms with Gasteiger partial charge in [-0.2, -0.15) is 4.98 Å². The fourth-order valence-electron chi connectivity index (χ4n) is 1.08. The van der Waals surface area contributed by atoms with Crippen molar-refractivity contribution in [2.24, 2.45) is 7.05 Å². The number of nitrogens with two attached hydrogens (primary N) is 1. The Morgan fingerprint density at radius 3 is 3.07 bits per heavy atom. The minimum absolute atomic E-state index is 0.436. The third-order valence-electron chi connectivity index (χ3n) is 1.89. The SMILES string of the molecule is Cn1cnnc1CNc1nccc(N)n1. The number of hydrogen-bond acceptors (Lipinski definition) is 6. The van der Waals surface area contributed by atoms with Gasteiger partial charge in [0.25, 0.3) is 0 Å². The van der Waals surface area contributed by atoms with Crippen molar-refractivity contribution < 1.29 is 0 Å². The summed E-state index contributed by atoms with van der Waals surface area (Å²) in [5, 5.41) is 10.7. The first-order chi connectivity index (χ1) is 7.25. The van der Waals surface area contributed by atoms with E-state index >= 15 is 0 Å². The zero-order valence-corrected chi connectivity index (χ0v) is 8.25. The van der Waals surface area contributed by atoms with Crippen molar-refractivity contribution in [3.63, 3.8) is 0 Å². The molecule has 2 aromatic rings. The van der Waals surface area contributed by atoms with Crippen LogP contribution in [-0.4, -0.2) is 24.7 Å². The molecule has 78 valence electrons. The Bertz CT molecular complexity index is 450. The molecule has 2 aromatic heterocycles. The third kappa shape index (κ3) is 2.19. The minimum atomic E-state index is 0.436. The monoisotopic (exact) mass is 205 g/mol. The summed E-state index contributed by atoms with van der Waals surface area (Å²) in [6.45, 7) is 0.514. The van der Waals surface area contributed by atoms with Crippen LogP contribution < -0.4 is 11.1 Å². The molecule has 15 heavy (non-hydrogen) atoms. The Morgan fingerprint density at radius 1 is 1.53 bits per heavy atom. The quantitative estimate of drug-likeness (QED) is 0.720. The maximum absolute atomic E-state index is 5.51. The number of hydrogen-bond donors (Lipinski definition) is 2. The summed E-state index contributed by atoms with van der Waals surface area (Å²) in [6.07, 6.45) is 3.23. The summed E-state index contributed by atoms with van der Waals surface area (Å²) >= 11 is 0. The smallest absolute Gasteiger partial charge is 0.224 e. The van der Waals surface area contributed by atoms with Gasteiger partial charge >= 0.3 is 0 Å². The molecule has 0 unspecified atom stereocenters. The molecule has 2 heterocycles. The van der Waals surface area contributed by atoms with Crippen molar-refractivity contribution >= 4 is 11.8 Å². The molecule has 0 atom stereocenters. The van der Waals surface area contributed by atoms with E-state index in [2.05, 4.69) is 25.5 Å². The fraction of sp³-hybridized carbons (Fsp3) is 0.250. The van der Waals surface area contributed by atoms with Crippen molar-refractivity contribution in [3.05, 3.63) is 24.4 Å². The van der Waals surface area contributed by atoms with Crippen LogP contribution in [0.3, 0.4) is 0 Å². The maximum Gasteiger partial charge on any atom is 0.224 e. The van der Waals surface area contributed by atoms with Crippen molar-refractivity contribution in [1.29, 1.82) is 0 Å². The van der Waals surface area contributed by atoms with Gasteiger partial charge < -0.3 is 15.6 Å². The average molecular weight is 205 g/mol. The van der Waals surface area contributed by atoms with Gasteiger partial charge in [0.1, 0.15) is 12.1 Å². The molecule has 0 spiro atoms. The van der Waals surface area contributed by atoms with E-state index in [9.17, 15) is 0 Å². The predicted molar refractivity (Wildman–Crippen MR) is 54.8 cm³/mol. The second-order valence-electron chi connectivity index (χ2n) is 3.02. The number of anilines is 2. The predicted octanol–water partition coefficient (Wildman–Crippen LogP) is -0.201. The molecule has 0 aliphatic rings. The number of nitrogen functional groups attached to an aromatic ring is 1. The highest BCUT2D eigenvalue weighted by Gasteiger charge is 2.01. The standard InChI is InChI=1S/C8H11N7/c1-15-5-12-14-7(15)4-11-8-10-3-2-6(9)13-8/h2-3,5H,4H2,1H3,(H3,9,10,11,13). The second kappa shape index (κ2) is 3.91. The summed E-state index contributed by atoms with van der Waals surface area (Å²) in [5.74, 6) is 1.73. The topological polar surface area (TPSA) is 94.5 Å². The molecule has 0 aliphatic carbocycles. The van der Waals surface area contributed by atoms with E-state index < -0.39 is 0 Å². The molecule has 0 amide bonds. The number of nitrogens with zero attached hydrogens (tertiary/aromatic N) is 5. The lowest BCUT2D eigenvalue weighted by Crippen LogP contribution is -2.08. The van der Waals surface area contributed by atoms with E-state index in [1.807, 2.05) is 11.6 Å². The van der Waals surface area contributed by atoms with Crippen LogP contribution in [0.5, 0.6) is 0 Å². The molecule has 0 saturated heterocycles. The number of aromatic nitrogens is 5. The van der Waals surface area contributed by atoms with Crippen LogP contribution in [0, 0.1) is 0 Å². The van der Waals surface area contributed by atoms with Crippen molar-refractivity contribution in [1.82, 2.24) is 24.7 Å². The molecule has 3 N–H and O–H groups in total. The van der Waals surface area contributed by atoms with E-state index in [1.165, 1.54) is 0 Å². The average Bonchev–Trinajstić information content (AvgIpc) is 2.61. The molecule has 7 nitrogen and oxygen atoms in total. The summed E-state index contributed by atoms with van der Waals surface area (Å²) in [6, 6.07) is 1.63. The lowest BCUT2D eigenvalue weighted by atomic mass is 10.5. The molecular weight excluding hydrogens is 194 g/mol. The lowest BCUT2D eigenvalue weighted by molar-refractivity contribution is 0.807. The largest absolute Gasteiger partial charge is 0.384 e. The first-order valence-corrected chi connectivity index (χ1v) is 4.41. The number of rotatable bonds is 3. The van der Waals surface area contributed by atoms with E-state index in [-0.39, 0.29) is 0 Å². The third-order valence-corrected chi connectivity index (χ3v) is 1.89. The summed E-state index contributed by atoms with van der Waals surface area (Å²) in [5.41, 5.74) is 5.51.